The molecule has 2 atom stereocenters. The van der Waals surface area contributed by atoms with Crippen LogP contribution in [-0.2, 0) is 4.79 Å². The molecule has 1 aliphatic rings. The number of nitrogens with zero attached hydrogens (tertiary/aromatic N) is 1. The summed E-state index contributed by atoms with van der Waals surface area (Å²) in [5.74, 6) is -0.0447. The zero-order chi connectivity index (χ0) is 9.14. The molecular formula is C9H17NO2. The molecular weight excluding hydrogens is 154 g/mol. The first-order valence-corrected chi connectivity index (χ1v) is 4.62. The lowest BCUT2D eigenvalue weighted by Crippen LogP contribution is -2.53. The molecule has 12 heavy (non-hydrogen) atoms. The van der Waals surface area contributed by atoms with E-state index in [9.17, 15) is 4.79 Å². The SMILES string of the molecule is CCC(C)CN1CCC1C(=O)O. The summed E-state index contributed by atoms with van der Waals surface area (Å²) in [6.07, 6.45) is 1.95. The van der Waals surface area contributed by atoms with E-state index in [2.05, 4.69) is 18.7 Å². The minimum absolute atomic E-state index is 0.195. The van der Waals surface area contributed by atoms with E-state index in [0.717, 1.165) is 25.9 Å². The molecule has 70 valence electrons. The highest BCUT2D eigenvalue weighted by Gasteiger charge is 2.33. The van der Waals surface area contributed by atoms with Crippen LogP contribution < -0.4 is 0 Å². The Kier molecular flexibility index (Phi) is 3.09. The molecule has 0 aromatic rings. The number of hydrogen-bond donors (Lipinski definition) is 1. The molecule has 0 aliphatic carbocycles. The normalized spacial score (nSPS) is 26.3. The summed E-state index contributed by atoms with van der Waals surface area (Å²) in [6.45, 7) is 6.20. The molecule has 0 spiro atoms. The quantitative estimate of drug-likeness (QED) is 0.690. The Balaban J connectivity index is 2.29. The topological polar surface area (TPSA) is 40.5 Å². The van der Waals surface area contributed by atoms with Gasteiger partial charge in [0.05, 0.1) is 0 Å². The minimum Gasteiger partial charge on any atom is -0.480 e. The average molecular weight is 171 g/mol. The van der Waals surface area contributed by atoms with Gasteiger partial charge in [0.2, 0.25) is 0 Å². The van der Waals surface area contributed by atoms with Crippen LogP contribution in [0.25, 0.3) is 0 Å². The minimum atomic E-state index is -0.662. The van der Waals surface area contributed by atoms with Crippen LogP contribution in [0.2, 0.25) is 0 Å². The van der Waals surface area contributed by atoms with Crippen molar-refractivity contribution in [3.8, 4) is 0 Å². The van der Waals surface area contributed by atoms with Gasteiger partial charge >= 0.3 is 5.97 Å². The Hall–Kier alpha value is -0.570. The van der Waals surface area contributed by atoms with Crippen molar-refractivity contribution in [1.82, 2.24) is 4.90 Å². The molecule has 0 aromatic carbocycles. The van der Waals surface area contributed by atoms with Gasteiger partial charge in [0, 0.05) is 13.1 Å². The van der Waals surface area contributed by atoms with E-state index < -0.39 is 5.97 Å². The third-order valence-corrected chi connectivity index (χ3v) is 2.66. The first-order chi connectivity index (χ1) is 5.65. The van der Waals surface area contributed by atoms with E-state index >= 15 is 0 Å². The lowest BCUT2D eigenvalue weighted by molar-refractivity contribution is -0.148. The number of carboxylic acids is 1. The summed E-state index contributed by atoms with van der Waals surface area (Å²) in [5, 5.41) is 8.75. The van der Waals surface area contributed by atoms with E-state index in [1.165, 1.54) is 0 Å². The summed E-state index contributed by atoms with van der Waals surface area (Å²) < 4.78 is 0. The maximum Gasteiger partial charge on any atom is 0.320 e. The number of aliphatic carboxylic acids is 1. The largest absolute Gasteiger partial charge is 0.480 e. The number of carbonyl (C=O) groups is 1. The Morgan fingerprint density at radius 2 is 2.42 bits per heavy atom. The highest BCUT2D eigenvalue weighted by atomic mass is 16.4. The van der Waals surface area contributed by atoms with Crippen molar-refractivity contribution in [1.29, 1.82) is 0 Å². The fourth-order valence-electron chi connectivity index (χ4n) is 1.47. The molecule has 3 nitrogen and oxygen atoms in total. The zero-order valence-corrected chi connectivity index (χ0v) is 7.79. The fraction of sp³-hybridized carbons (Fsp3) is 0.889. The highest BCUT2D eigenvalue weighted by molar-refractivity contribution is 5.74. The summed E-state index contributed by atoms with van der Waals surface area (Å²) in [4.78, 5) is 12.7. The van der Waals surface area contributed by atoms with Crippen molar-refractivity contribution in [3.63, 3.8) is 0 Å². The number of likely N-dealkylation sites (tertiary alicyclic amines) is 1. The summed E-state index contributed by atoms with van der Waals surface area (Å²) >= 11 is 0. The molecule has 3 heteroatoms. The van der Waals surface area contributed by atoms with Gasteiger partial charge < -0.3 is 5.11 Å². The average Bonchev–Trinajstić information content (AvgIpc) is 1.96. The van der Waals surface area contributed by atoms with E-state index in [1.54, 1.807) is 0 Å². The van der Waals surface area contributed by atoms with E-state index in [4.69, 9.17) is 5.11 Å². The maximum atomic E-state index is 10.6. The second-order valence-corrected chi connectivity index (χ2v) is 3.65. The molecule has 0 amide bonds. The second kappa shape index (κ2) is 3.90. The second-order valence-electron chi connectivity index (χ2n) is 3.65. The molecule has 0 bridgehead atoms. The third-order valence-electron chi connectivity index (χ3n) is 2.66. The van der Waals surface area contributed by atoms with Crippen LogP contribution in [-0.4, -0.2) is 35.1 Å². The van der Waals surface area contributed by atoms with Crippen LogP contribution in [0, 0.1) is 5.92 Å². The van der Waals surface area contributed by atoms with Gasteiger partial charge in [-0.15, -0.1) is 0 Å². The van der Waals surface area contributed by atoms with Gasteiger partial charge in [0.25, 0.3) is 0 Å². The fourth-order valence-corrected chi connectivity index (χ4v) is 1.47. The van der Waals surface area contributed by atoms with Crippen LogP contribution in [0.3, 0.4) is 0 Å². The molecule has 1 saturated heterocycles. The van der Waals surface area contributed by atoms with Gasteiger partial charge in [0.1, 0.15) is 6.04 Å². The Labute approximate surface area is 73.4 Å². The predicted molar refractivity (Wildman–Crippen MR) is 47.1 cm³/mol. The summed E-state index contributed by atoms with van der Waals surface area (Å²) in [6, 6.07) is -0.195. The van der Waals surface area contributed by atoms with Gasteiger partial charge in [0.15, 0.2) is 0 Å². The van der Waals surface area contributed by atoms with Gasteiger partial charge in [-0.1, -0.05) is 20.3 Å². The van der Waals surface area contributed by atoms with E-state index in [-0.39, 0.29) is 6.04 Å². The molecule has 1 aliphatic heterocycles. The van der Waals surface area contributed by atoms with Crippen LogP contribution >= 0.6 is 0 Å². The Morgan fingerprint density at radius 1 is 1.75 bits per heavy atom. The maximum absolute atomic E-state index is 10.6. The lowest BCUT2D eigenvalue weighted by Gasteiger charge is -2.39. The molecule has 2 unspecified atom stereocenters. The van der Waals surface area contributed by atoms with Crippen LogP contribution in [0.5, 0.6) is 0 Å². The van der Waals surface area contributed by atoms with E-state index in [1.807, 2.05) is 0 Å². The molecule has 0 aromatic heterocycles. The van der Waals surface area contributed by atoms with Crippen LogP contribution in [0.4, 0.5) is 0 Å². The Morgan fingerprint density at radius 3 is 2.75 bits per heavy atom. The van der Waals surface area contributed by atoms with Crippen LogP contribution in [0.1, 0.15) is 26.7 Å². The third kappa shape index (κ3) is 1.97. The molecule has 0 saturated carbocycles. The smallest absolute Gasteiger partial charge is 0.320 e. The first-order valence-electron chi connectivity index (χ1n) is 4.62. The van der Waals surface area contributed by atoms with Gasteiger partial charge in [-0.25, -0.2) is 0 Å². The van der Waals surface area contributed by atoms with Crippen molar-refractivity contribution < 1.29 is 9.90 Å². The molecule has 1 N–H and O–H groups in total. The molecule has 1 fully saturated rings. The highest BCUT2D eigenvalue weighted by Crippen LogP contribution is 2.19. The van der Waals surface area contributed by atoms with Gasteiger partial charge in [-0.05, 0) is 12.3 Å². The number of rotatable bonds is 4. The summed E-state index contributed by atoms with van der Waals surface area (Å²) in [5.41, 5.74) is 0. The van der Waals surface area contributed by atoms with Gasteiger partial charge in [-0.2, -0.15) is 0 Å². The van der Waals surface area contributed by atoms with E-state index in [0.29, 0.717) is 5.92 Å². The van der Waals surface area contributed by atoms with Crippen molar-refractivity contribution in [3.05, 3.63) is 0 Å². The van der Waals surface area contributed by atoms with Crippen molar-refractivity contribution in [2.24, 2.45) is 5.92 Å². The summed E-state index contributed by atoms with van der Waals surface area (Å²) in [7, 11) is 0. The zero-order valence-electron chi connectivity index (χ0n) is 7.79. The number of carboxylic acid groups (broad SMARTS) is 1. The number of hydrogen-bond acceptors (Lipinski definition) is 2. The molecule has 1 rings (SSSR count). The monoisotopic (exact) mass is 171 g/mol. The predicted octanol–water partition coefficient (Wildman–Crippen LogP) is 1.19. The molecule has 1 heterocycles. The van der Waals surface area contributed by atoms with Crippen molar-refractivity contribution >= 4 is 5.97 Å². The van der Waals surface area contributed by atoms with Crippen molar-refractivity contribution in [2.45, 2.75) is 32.7 Å². The van der Waals surface area contributed by atoms with Crippen LogP contribution in [0.15, 0.2) is 0 Å². The lowest BCUT2D eigenvalue weighted by atomic mass is 9.99. The first kappa shape index (κ1) is 9.52. The molecule has 0 radical (unpaired) electrons. The standard InChI is InChI=1S/C9H17NO2/c1-3-7(2)6-10-5-4-8(10)9(11)12/h7-8H,3-6H2,1-2H3,(H,11,12). The Bertz CT molecular complexity index is 170. The van der Waals surface area contributed by atoms with Crippen molar-refractivity contribution in [2.75, 3.05) is 13.1 Å². The van der Waals surface area contributed by atoms with Gasteiger partial charge in [-0.3, -0.25) is 9.69 Å².